The number of benzene rings is 1. The Bertz CT molecular complexity index is 629. The number of rotatable bonds is 3. The van der Waals surface area contributed by atoms with Crippen molar-refractivity contribution in [2.24, 2.45) is 0 Å². The molecule has 0 aliphatic carbocycles. The standard InChI is InChI=1S/C15H18N2O3/c1-16(19-2)15(18)12-5-6-13-11(10-12)7-8-17(13)14-4-3-9-20-14/h5-8,10,14H,3-4,9H2,1-2H3. The van der Waals surface area contributed by atoms with E-state index in [1.807, 2.05) is 30.5 Å². The van der Waals surface area contributed by atoms with Crippen LogP contribution in [0.5, 0.6) is 0 Å². The molecule has 0 bridgehead atoms. The van der Waals surface area contributed by atoms with E-state index in [2.05, 4.69) is 4.57 Å². The van der Waals surface area contributed by atoms with Crippen LogP contribution in [0.4, 0.5) is 0 Å². The molecule has 2 heterocycles. The maximum atomic E-state index is 12.1. The summed E-state index contributed by atoms with van der Waals surface area (Å²) in [7, 11) is 3.08. The highest BCUT2D eigenvalue weighted by Gasteiger charge is 2.19. The van der Waals surface area contributed by atoms with Crippen LogP contribution < -0.4 is 0 Å². The number of fused-ring (bicyclic) bond motifs is 1. The Morgan fingerprint density at radius 2 is 2.30 bits per heavy atom. The lowest BCUT2D eigenvalue weighted by molar-refractivity contribution is -0.0756. The van der Waals surface area contributed by atoms with E-state index >= 15 is 0 Å². The monoisotopic (exact) mass is 274 g/mol. The van der Waals surface area contributed by atoms with E-state index in [-0.39, 0.29) is 12.1 Å². The number of hydrogen-bond donors (Lipinski definition) is 0. The van der Waals surface area contributed by atoms with Gasteiger partial charge in [-0.1, -0.05) is 0 Å². The van der Waals surface area contributed by atoms with E-state index < -0.39 is 0 Å². The van der Waals surface area contributed by atoms with Crippen LogP contribution in [0.15, 0.2) is 30.5 Å². The van der Waals surface area contributed by atoms with Crippen LogP contribution in [0.2, 0.25) is 0 Å². The van der Waals surface area contributed by atoms with Crippen LogP contribution in [-0.4, -0.2) is 36.3 Å². The van der Waals surface area contributed by atoms with Gasteiger partial charge in [0.1, 0.15) is 6.23 Å². The van der Waals surface area contributed by atoms with Crippen LogP contribution in [0.25, 0.3) is 10.9 Å². The number of hydroxylamine groups is 2. The Labute approximate surface area is 117 Å². The molecule has 20 heavy (non-hydrogen) atoms. The molecule has 0 spiro atoms. The molecule has 5 nitrogen and oxygen atoms in total. The summed E-state index contributed by atoms with van der Waals surface area (Å²) >= 11 is 0. The fourth-order valence-electron chi connectivity index (χ4n) is 2.59. The second-order valence-corrected chi connectivity index (χ2v) is 4.95. The van der Waals surface area contributed by atoms with E-state index in [1.54, 1.807) is 7.05 Å². The summed E-state index contributed by atoms with van der Waals surface area (Å²) in [6.07, 6.45) is 4.28. The molecule has 1 aromatic heterocycles. The summed E-state index contributed by atoms with van der Waals surface area (Å²) in [6.45, 7) is 0.819. The average molecular weight is 274 g/mol. The molecule has 1 aliphatic rings. The van der Waals surface area contributed by atoms with Crippen molar-refractivity contribution in [3.63, 3.8) is 0 Å². The molecular weight excluding hydrogens is 256 g/mol. The van der Waals surface area contributed by atoms with E-state index in [9.17, 15) is 4.79 Å². The Kier molecular flexibility index (Phi) is 3.46. The highest BCUT2D eigenvalue weighted by atomic mass is 16.7. The summed E-state index contributed by atoms with van der Waals surface area (Å²) in [5.41, 5.74) is 1.71. The zero-order valence-corrected chi connectivity index (χ0v) is 11.7. The van der Waals surface area contributed by atoms with Crippen molar-refractivity contribution >= 4 is 16.8 Å². The molecule has 3 rings (SSSR count). The number of amides is 1. The molecule has 0 saturated carbocycles. The van der Waals surface area contributed by atoms with Crippen molar-refractivity contribution in [2.75, 3.05) is 20.8 Å². The van der Waals surface area contributed by atoms with Gasteiger partial charge in [-0.05, 0) is 37.1 Å². The third kappa shape index (κ3) is 2.19. The van der Waals surface area contributed by atoms with Crippen molar-refractivity contribution in [3.8, 4) is 0 Å². The molecule has 1 unspecified atom stereocenters. The third-order valence-electron chi connectivity index (χ3n) is 3.74. The van der Waals surface area contributed by atoms with Crippen LogP contribution >= 0.6 is 0 Å². The number of nitrogens with zero attached hydrogens (tertiary/aromatic N) is 2. The predicted molar refractivity (Wildman–Crippen MR) is 75.3 cm³/mol. The van der Waals surface area contributed by atoms with Gasteiger partial charge in [-0.2, -0.15) is 0 Å². The molecule has 5 heteroatoms. The normalized spacial score (nSPS) is 18.6. The zero-order chi connectivity index (χ0) is 14.1. The molecule has 106 valence electrons. The second-order valence-electron chi connectivity index (χ2n) is 4.95. The summed E-state index contributed by atoms with van der Waals surface area (Å²) in [5.74, 6) is -0.153. The topological polar surface area (TPSA) is 43.7 Å². The third-order valence-corrected chi connectivity index (χ3v) is 3.74. The fraction of sp³-hybridized carbons (Fsp3) is 0.400. The Morgan fingerprint density at radius 1 is 1.45 bits per heavy atom. The molecule has 2 aromatic rings. The first-order valence-corrected chi connectivity index (χ1v) is 6.75. The Hall–Kier alpha value is -1.85. The highest BCUT2D eigenvalue weighted by Crippen LogP contribution is 2.28. The summed E-state index contributed by atoms with van der Waals surface area (Å²) in [5, 5.41) is 2.26. The molecule has 1 fully saturated rings. The van der Waals surface area contributed by atoms with Gasteiger partial charge in [0, 0.05) is 30.8 Å². The van der Waals surface area contributed by atoms with E-state index in [0.29, 0.717) is 5.56 Å². The average Bonchev–Trinajstić information content (AvgIpc) is 3.13. The van der Waals surface area contributed by atoms with Crippen LogP contribution in [-0.2, 0) is 9.57 Å². The molecular formula is C15H18N2O3. The number of ether oxygens (including phenoxy) is 1. The van der Waals surface area contributed by atoms with Crippen molar-refractivity contribution in [1.82, 2.24) is 9.63 Å². The van der Waals surface area contributed by atoms with Gasteiger partial charge >= 0.3 is 0 Å². The number of hydrogen-bond acceptors (Lipinski definition) is 3. The molecule has 1 atom stereocenters. The van der Waals surface area contributed by atoms with Crippen LogP contribution in [0.3, 0.4) is 0 Å². The van der Waals surface area contributed by atoms with Gasteiger partial charge in [-0.3, -0.25) is 9.63 Å². The largest absolute Gasteiger partial charge is 0.358 e. The highest BCUT2D eigenvalue weighted by molar-refractivity contribution is 5.97. The van der Waals surface area contributed by atoms with Gasteiger partial charge in [-0.25, -0.2) is 5.06 Å². The van der Waals surface area contributed by atoms with E-state index in [0.717, 1.165) is 30.4 Å². The van der Waals surface area contributed by atoms with Gasteiger partial charge in [0.05, 0.1) is 12.6 Å². The quantitative estimate of drug-likeness (QED) is 0.808. The van der Waals surface area contributed by atoms with Crippen LogP contribution in [0, 0.1) is 0 Å². The second kappa shape index (κ2) is 5.26. The van der Waals surface area contributed by atoms with Crippen molar-refractivity contribution in [2.45, 2.75) is 19.1 Å². The lowest BCUT2D eigenvalue weighted by atomic mass is 10.1. The molecule has 1 aliphatic heterocycles. The maximum Gasteiger partial charge on any atom is 0.277 e. The van der Waals surface area contributed by atoms with Gasteiger partial charge < -0.3 is 9.30 Å². The van der Waals surface area contributed by atoms with Gasteiger partial charge in [-0.15, -0.1) is 0 Å². The first kappa shape index (κ1) is 13.1. The Balaban J connectivity index is 1.95. The van der Waals surface area contributed by atoms with Crippen molar-refractivity contribution < 1.29 is 14.4 Å². The number of carbonyl (C=O) groups excluding carboxylic acids is 1. The van der Waals surface area contributed by atoms with Crippen molar-refractivity contribution in [1.29, 1.82) is 0 Å². The van der Waals surface area contributed by atoms with Crippen LogP contribution in [0.1, 0.15) is 29.4 Å². The lowest BCUT2D eigenvalue weighted by Crippen LogP contribution is -2.25. The summed E-state index contributed by atoms with van der Waals surface area (Å²) < 4.78 is 7.84. The fourth-order valence-corrected chi connectivity index (χ4v) is 2.59. The minimum atomic E-state index is -0.153. The minimum Gasteiger partial charge on any atom is -0.358 e. The zero-order valence-electron chi connectivity index (χ0n) is 11.7. The maximum absolute atomic E-state index is 12.1. The molecule has 1 aromatic carbocycles. The molecule has 0 radical (unpaired) electrons. The predicted octanol–water partition coefficient (Wildman–Crippen LogP) is 2.58. The number of carbonyl (C=O) groups is 1. The van der Waals surface area contributed by atoms with Gasteiger partial charge in [0.2, 0.25) is 0 Å². The van der Waals surface area contributed by atoms with Gasteiger partial charge in [0.25, 0.3) is 5.91 Å². The Morgan fingerprint density at radius 3 is 3.00 bits per heavy atom. The number of aromatic nitrogens is 1. The first-order valence-electron chi connectivity index (χ1n) is 6.75. The summed E-state index contributed by atoms with van der Waals surface area (Å²) in [4.78, 5) is 17.0. The van der Waals surface area contributed by atoms with E-state index in [1.165, 1.54) is 12.2 Å². The molecule has 1 amide bonds. The summed E-state index contributed by atoms with van der Waals surface area (Å²) in [6, 6.07) is 7.69. The first-order chi connectivity index (χ1) is 9.70. The SMILES string of the molecule is CON(C)C(=O)c1ccc2c(ccn2C2CCCO2)c1. The molecule has 0 N–H and O–H groups in total. The minimum absolute atomic E-state index is 0.121. The lowest BCUT2D eigenvalue weighted by Gasteiger charge is -2.15. The molecule has 1 saturated heterocycles. The van der Waals surface area contributed by atoms with Crippen molar-refractivity contribution in [3.05, 3.63) is 36.0 Å². The van der Waals surface area contributed by atoms with E-state index in [4.69, 9.17) is 9.57 Å². The van der Waals surface area contributed by atoms with Gasteiger partial charge in [0.15, 0.2) is 0 Å². The smallest absolute Gasteiger partial charge is 0.277 e.